The highest BCUT2D eigenvalue weighted by Gasteiger charge is 2.16. The van der Waals surface area contributed by atoms with Gasteiger partial charge in [0.25, 0.3) is 0 Å². The SMILES string of the molecule is CC(C)(O)C=CC(Cl)(Cl)Cl. The maximum absolute atomic E-state index is 9.12. The predicted octanol–water partition coefficient (Wildman–Crippen LogP) is 2.68. The Balaban J connectivity index is 4.01. The highest BCUT2D eigenvalue weighted by atomic mass is 35.6. The Labute approximate surface area is 75.6 Å². The van der Waals surface area contributed by atoms with Crippen LogP contribution in [0.1, 0.15) is 13.8 Å². The lowest BCUT2D eigenvalue weighted by molar-refractivity contribution is 0.133. The summed E-state index contributed by atoms with van der Waals surface area (Å²) in [5.74, 6) is 0. The van der Waals surface area contributed by atoms with Gasteiger partial charge in [-0.3, -0.25) is 0 Å². The van der Waals surface area contributed by atoms with Crippen molar-refractivity contribution in [2.45, 2.75) is 23.2 Å². The van der Waals surface area contributed by atoms with Crippen LogP contribution in [0, 0.1) is 0 Å². The van der Waals surface area contributed by atoms with Crippen molar-refractivity contribution in [1.29, 1.82) is 0 Å². The standard InChI is InChI=1S/C6H9Cl3O/c1-5(2,10)3-4-6(7,8)9/h3-4,10H,1-2H3. The van der Waals surface area contributed by atoms with Gasteiger partial charge < -0.3 is 5.11 Å². The van der Waals surface area contributed by atoms with Gasteiger partial charge in [0, 0.05) is 0 Å². The lowest BCUT2D eigenvalue weighted by Gasteiger charge is -2.12. The van der Waals surface area contributed by atoms with Gasteiger partial charge in [-0.2, -0.15) is 0 Å². The van der Waals surface area contributed by atoms with Gasteiger partial charge in [-0.15, -0.1) is 0 Å². The topological polar surface area (TPSA) is 20.2 Å². The molecule has 4 heteroatoms. The van der Waals surface area contributed by atoms with Crippen molar-refractivity contribution in [1.82, 2.24) is 0 Å². The van der Waals surface area contributed by atoms with Gasteiger partial charge in [-0.1, -0.05) is 40.9 Å². The largest absolute Gasteiger partial charge is 0.386 e. The van der Waals surface area contributed by atoms with E-state index in [-0.39, 0.29) is 0 Å². The van der Waals surface area contributed by atoms with Crippen molar-refractivity contribution in [3.8, 4) is 0 Å². The molecule has 0 aliphatic carbocycles. The minimum Gasteiger partial charge on any atom is -0.386 e. The Kier molecular flexibility index (Phi) is 3.50. The second-order valence-corrected chi connectivity index (χ2v) is 4.90. The van der Waals surface area contributed by atoms with E-state index in [9.17, 15) is 0 Å². The Morgan fingerprint density at radius 2 is 1.50 bits per heavy atom. The molecule has 0 spiro atoms. The zero-order chi connectivity index (χ0) is 8.41. The molecule has 0 aliphatic rings. The van der Waals surface area contributed by atoms with E-state index in [0.717, 1.165) is 0 Å². The average Bonchev–Trinajstić information content (AvgIpc) is 1.57. The normalized spacial score (nSPS) is 14.6. The molecular weight excluding hydrogens is 194 g/mol. The zero-order valence-electron chi connectivity index (χ0n) is 5.74. The fraction of sp³-hybridized carbons (Fsp3) is 0.667. The smallest absolute Gasteiger partial charge is 0.209 e. The summed E-state index contributed by atoms with van der Waals surface area (Å²) in [4.78, 5) is 0. The molecule has 0 aromatic carbocycles. The van der Waals surface area contributed by atoms with Crippen molar-refractivity contribution in [3.05, 3.63) is 12.2 Å². The van der Waals surface area contributed by atoms with E-state index in [4.69, 9.17) is 39.9 Å². The van der Waals surface area contributed by atoms with Crippen LogP contribution in [0.3, 0.4) is 0 Å². The summed E-state index contributed by atoms with van der Waals surface area (Å²) < 4.78 is -1.42. The number of alkyl halides is 3. The monoisotopic (exact) mass is 202 g/mol. The van der Waals surface area contributed by atoms with E-state index in [0.29, 0.717) is 0 Å². The first kappa shape index (κ1) is 10.6. The van der Waals surface area contributed by atoms with Gasteiger partial charge in [-0.05, 0) is 19.9 Å². The molecule has 0 aromatic heterocycles. The first-order valence-electron chi connectivity index (χ1n) is 2.70. The molecule has 0 amide bonds. The number of rotatable bonds is 1. The van der Waals surface area contributed by atoms with Crippen molar-refractivity contribution in [3.63, 3.8) is 0 Å². The summed E-state index contributed by atoms with van der Waals surface area (Å²) >= 11 is 16.1. The second kappa shape index (κ2) is 3.31. The van der Waals surface area contributed by atoms with Crippen LogP contribution in [-0.4, -0.2) is 14.5 Å². The summed E-state index contributed by atoms with van der Waals surface area (Å²) in [6.45, 7) is 3.19. The Hall–Kier alpha value is 0.570. The molecule has 0 atom stereocenters. The van der Waals surface area contributed by atoms with Gasteiger partial charge in [0.15, 0.2) is 0 Å². The molecule has 0 unspecified atom stereocenters. The van der Waals surface area contributed by atoms with E-state index in [1.165, 1.54) is 12.2 Å². The summed E-state index contributed by atoms with van der Waals surface area (Å²) in [5.41, 5.74) is -0.927. The summed E-state index contributed by atoms with van der Waals surface area (Å²) in [6, 6.07) is 0. The predicted molar refractivity (Wildman–Crippen MR) is 45.7 cm³/mol. The first-order valence-corrected chi connectivity index (χ1v) is 3.84. The molecular formula is C6H9Cl3O. The van der Waals surface area contributed by atoms with Gasteiger partial charge in [0.05, 0.1) is 5.60 Å². The van der Waals surface area contributed by atoms with E-state index in [2.05, 4.69) is 0 Å². The number of hydrogen-bond acceptors (Lipinski definition) is 1. The van der Waals surface area contributed by atoms with E-state index in [1.807, 2.05) is 0 Å². The fourth-order valence-electron chi connectivity index (χ4n) is 0.298. The third-order valence-corrected chi connectivity index (χ3v) is 1.06. The fourth-order valence-corrected chi connectivity index (χ4v) is 0.487. The molecule has 0 saturated heterocycles. The highest BCUT2D eigenvalue weighted by molar-refractivity contribution is 6.68. The van der Waals surface area contributed by atoms with Crippen LogP contribution in [-0.2, 0) is 0 Å². The van der Waals surface area contributed by atoms with Crippen LogP contribution in [0.4, 0.5) is 0 Å². The van der Waals surface area contributed by atoms with Crippen LogP contribution < -0.4 is 0 Å². The van der Waals surface area contributed by atoms with Crippen molar-refractivity contribution in [2.75, 3.05) is 0 Å². The second-order valence-electron chi connectivity index (χ2n) is 2.53. The van der Waals surface area contributed by atoms with Gasteiger partial charge in [-0.25, -0.2) is 0 Å². The first-order chi connectivity index (χ1) is 4.21. The van der Waals surface area contributed by atoms with Crippen molar-refractivity contribution < 1.29 is 5.11 Å². The van der Waals surface area contributed by atoms with Gasteiger partial charge in [0.1, 0.15) is 0 Å². The Morgan fingerprint density at radius 3 is 1.60 bits per heavy atom. The van der Waals surface area contributed by atoms with Crippen LogP contribution >= 0.6 is 34.8 Å². The molecule has 10 heavy (non-hydrogen) atoms. The van der Waals surface area contributed by atoms with E-state index >= 15 is 0 Å². The number of aliphatic hydroxyl groups is 1. The van der Waals surface area contributed by atoms with Gasteiger partial charge >= 0.3 is 0 Å². The highest BCUT2D eigenvalue weighted by Crippen LogP contribution is 2.28. The number of halogens is 3. The quantitative estimate of drug-likeness (QED) is 0.513. The Bertz CT molecular complexity index is 113. The zero-order valence-corrected chi connectivity index (χ0v) is 8.00. The molecule has 0 bridgehead atoms. The third-order valence-electron chi connectivity index (χ3n) is 0.680. The maximum atomic E-state index is 9.12. The Morgan fingerprint density at radius 1 is 1.10 bits per heavy atom. The third kappa shape index (κ3) is 8.57. The molecule has 1 N–H and O–H groups in total. The van der Waals surface area contributed by atoms with E-state index in [1.54, 1.807) is 13.8 Å². The molecule has 1 nitrogen and oxygen atoms in total. The van der Waals surface area contributed by atoms with Crippen LogP contribution in [0.5, 0.6) is 0 Å². The lowest BCUT2D eigenvalue weighted by atomic mass is 10.1. The molecule has 0 heterocycles. The van der Waals surface area contributed by atoms with Crippen LogP contribution in [0.15, 0.2) is 12.2 Å². The van der Waals surface area contributed by atoms with Crippen LogP contribution in [0.25, 0.3) is 0 Å². The van der Waals surface area contributed by atoms with Crippen molar-refractivity contribution in [2.24, 2.45) is 0 Å². The van der Waals surface area contributed by atoms with E-state index < -0.39 is 9.39 Å². The van der Waals surface area contributed by atoms with Gasteiger partial charge in [0.2, 0.25) is 3.79 Å². The van der Waals surface area contributed by atoms with Crippen molar-refractivity contribution >= 4 is 34.8 Å². The maximum Gasteiger partial charge on any atom is 0.209 e. The van der Waals surface area contributed by atoms with Crippen LogP contribution in [0.2, 0.25) is 0 Å². The molecule has 0 aliphatic heterocycles. The lowest BCUT2D eigenvalue weighted by Crippen LogP contribution is -2.15. The summed E-state index contributed by atoms with van der Waals surface area (Å²) in [5, 5.41) is 9.12. The minimum absolute atomic E-state index is 0.927. The molecule has 0 radical (unpaired) electrons. The number of allylic oxidation sites excluding steroid dienone is 1. The molecule has 0 rings (SSSR count). The average molecular weight is 203 g/mol. The minimum atomic E-state index is -1.42. The summed E-state index contributed by atoms with van der Waals surface area (Å²) in [6.07, 6.45) is 2.75. The number of hydrogen-bond donors (Lipinski definition) is 1. The molecule has 0 saturated carbocycles. The molecule has 0 aromatic rings. The molecule has 60 valence electrons. The molecule has 0 fully saturated rings. The summed E-state index contributed by atoms with van der Waals surface area (Å²) in [7, 11) is 0.